The molecule has 0 radical (unpaired) electrons. The molecule has 1 aromatic rings. The predicted molar refractivity (Wildman–Crippen MR) is 53.5 cm³/mol. The molecular weight excluding hydrogens is 178 g/mol. The fraction of sp³-hybridized carbons (Fsp3) is 0.400. The van der Waals surface area contributed by atoms with E-state index in [1.807, 2.05) is 6.92 Å². The molecule has 0 aliphatic rings. The van der Waals surface area contributed by atoms with E-state index in [1.54, 1.807) is 6.20 Å². The molecule has 4 heteroatoms. The van der Waals surface area contributed by atoms with Gasteiger partial charge in [-0.05, 0) is 6.92 Å². The van der Waals surface area contributed by atoms with Gasteiger partial charge in [0.2, 0.25) is 5.91 Å². The number of carbonyl (C=O) groups is 1. The SMILES string of the molecule is CC(=O)NCC#CCc1ncc(C)[nH]1. The second-order valence-corrected chi connectivity index (χ2v) is 2.95. The van der Waals surface area contributed by atoms with Gasteiger partial charge in [0.25, 0.3) is 0 Å². The first-order valence-electron chi connectivity index (χ1n) is 4.39. The van der Waals surface area contributed by atoms with Crippen molar-refractivity contribution in [3.05, 3.63) is 17.7 Å². The summed E-state index contributed by atoms with van der Waals surface area (Å²) in [7, 11) is 0. The summed E-state index contributed by atoms with van der Waals surface area (Å²) >= 11 is 0. The summed E-state index contributed by atoms with van der Waals surface area (Å²) in [5.74, 6) is 6.54. The van der Waals surface area contributed by atoms with Crippen LogP contribution in [0.3, 0.4) is 0 Å². The Labute approximate surface area is 83.1 Å². The van der Waals surface area contributed by atoms with Crippen molar-refractivity contribution in [2.24, 2.45) is 0 Å². The van der Waals surface area contributed by atoms with E-state index in [4.69, 9.17) is 0 Å². The van der Waals surface area contributed by atoms with E-state index in [0.29, 0.717) is 13.0 Å². The molecule has 0 saturated carbocycles. The number of carbonyl (C=O) groups excluding carboxylic acids is 1. The largest absolute Gasteiger partial charge is 0.345 e. The number of nitrogens with one attached hydrogen (secondary N) is 2. The van der Waals surface area contributed by atoms with Crippen molar-refractivity contribution in [2.75, 3.05) is 6.54 Å². The molecule has 0 aliphatic heterocycles. The Balaban J connectivity index is 2.29. The third-order valence-corrected chi connectivity index (χ3v) is 1.56. The average molecular weight is 191 g/mol. The first kappa shape index (κ1) is 10.3. The number of amides is 1. The molecule has 14 heavy (non-hydrogen) atoms. The zero-order valence-electron chi connectivity index (χ0n) is 8.35. The van der Waals surface area contributed by atoms with Crippen molar-refractivity contribution < 1.29 is 4.79 Å². The first-order chi connectivity index (χ1) is 6.68. The van der Waals surface area contributed by atoms with Crippen LogP contribution in [-0.4, -0.2) is 22.4 Å². The third kappa shape index (κ3) is 3.76. The maximum atomic E-state index is 10.5. The van der Waals surface area contributed by atoms with Gasteiger partial charge in [-0.2, -0.15) is 0 Å². The summed E-state index contributed by atoms with van der Waals surface area (Å²) in [4.78, 5) is 17.7. The monoisotopic (exact) mass is 191 g/mol. The Morgan fingerprint density at radius 3 is 3.00 bits per heavy atom. The molecule has 2 N–H and O–H groups in total. The van der Waals surface area contributed by atoms with Crippen LogP contribution in [0.25, 0.3) is 0 Å². The molecule has 74 valence electrons. The van der Waals surface area contributed by atoms with Gasteiger partial charge in [0.1, 0.15) is 5.82 Å². The number of hydrogen-bond acceptors (Lipinski definition) is 2. The van der Waals surface area contributed by atoms with Crippen LogP contribution in [0.4, 0.5) is 0 Å². The van der Waals surface area contributed by atoms with Crippen LogP contribution in [0.5, 0.6) is 0 Å². The van der Waals surface area contributed by atoms with Crippen molar-refractivity contribution >= 4 is 5.91 Å². The van der Waals surface area contributed by atoms with Crippen molar-refractivity contribution in [1.82, 2.24) is 15.3 Å². The lowest BCUT2D eigenvalue weighted by Gasteiger charge is -1.90. The topological polar surface area (TPSA) is 57.8 Å². The van der Waals surface area contributed by atoms with Gasteiger partial charge in [-0.3, -0.25) is 4.79 Å². The predicted octanol–water partition coefficient (Wildman–Crippen LogP) is 0.400. The van der Waals surface area contributed by atoms with Crippen LogP contribution in [0.1, 0.15) is 18.4 Å². The lowest BCUT2D eigenvalue weighted by atomic mass is 10.4. The van der Waals surface area contributed by atoms with E-state index in [9.17, 15) is 4.79 Å². The van der Waals surface area contributed by atoms with E-state index in [-0.39, 0.29) is 5.91 Å². The molecule has 0 aliphatic carbocycles. The summed E-state index contributed by atoms with van der Waals surface area (Å²) in [5.41, 5.74) is 1.03. The normalized spacial score (nSPS) is 9.00. The Kier molecular flexibility index (Phi) is 3.74. The average Bonchev–Trinajstić information content (AvgIpc) is 2.50. The van der Waals surface area contributed by atoms with Crippen LogP contribution in [0.2, 0.25) is 0 Å². The van der Waals surface area contributed by atoms with Gasteiger partial charge in [-0.25, -0.2) is 4.98 Å². The minimum absolute atomic E-state index is 0.0619. The van der Waals surface area contributed by atoms with E-state index in [1.165, 1.54) is 6.92 Å². The first-order valence-corrected chi connectivity index (χ1v) is 4.39. The quantitative estimate of drug-likeness (QED) is 0.665. The number of nitrogens with zero attached hydrogens (tertiary/aromatic N) is 1. The number of aromatic amines is 1. The highest BCUT2D eigenvalue weighted by molar-refractivity contribution is 5.73. The number of aryl methyl sites for hydroxylation is 1. The maximum absolute atomic E-state index is 10.5. The standard InChI is InChI=1S/C10H13N3O/c1-8-7-12-10(13-8)5-3-4-6-11-9(2)14/h7H,5-6H2,1-2H3,(H,11,14)(H,12,13). The molecule has 1 amide bonds. The molecule has 0 fully saturated rings. The molecule has 0 aromatic carbocycles. The molecule has 0 unspecified atom stereocenters. The second-order valence-electron chi connectivity index (χ2n) is 2.95. The van der Waals surface area contributed by atoms with E-state index >= 15 is 0 Å². The molecule has 4 nitrogen and oxygen atoms in total. The van der Waals surface area contributed by atoms with Crippen LogP contribution in [0.15, 0.2) is 6.20 Å². The molecule has 1 heterocycles. The van der Waals surface area contributed by atoms with Gasteiger partial charge in [0.15, 0.2) is 0 Å². The molecule has 0 spiro atoms. The van der Waals surface area contributed by atoms with E-state index in [0.717, 1.165) is 11.5 Å². The van der Waals surface area contributed by atoms with Crippen molar-refractivity contribution in [1.29, 1.82) is 0 Å². The second kappa shape index (κ2) is 5.07. The number of hydrogen-bond donors (Lipinski definition) is 2. The molecule has 0 saturated heterocycles. The Morgan fingerprint density at radius 1 is 1.64 bits per heavy atom. The van der Waals surface area contributed by atoms with Crippen LogP contribution in [0, 0.1) is 18.8 Å². The Bertz CT molecular complexity index is 370. The Hall–Kier alpha value is -1.76. The smallest absolute Gasteiger partial charge is 0.217 e. The molecule has 0 atom stereocenters. The molecule has 0 bridgehead atoms. The third-order valence-electron chi connectivity index (χ3n) is 1.56. The summed E-state index contributed by atoms with van der Waals surface area (Å²) in [5, 5.41) is 2.59. The molecule has 1 rings (SSSR count). The van der Waals surface area contributed by atoms with Crippen molar-refractivity contribution in [3.63, 3.8) is 0 Å². The number of aromatic nitrogens is 2. The zero-order chi connectivity index (χ0) is 10.4. The van der Waals surface area contributed by atoms with Crippen molar-refractivity contribution in [3.8, 4) is 11.8 Å². The van der Waals surface area contributed by atoms with E-state index < -0.39 is 0 Å². The fourth-order valence-corrected chi connectivity index (χ4v) is 0.934. The molecular formula is C10H13N3O. The summed E-state index contributed by atoms with van der Waals surface area (Å²) in [6, 6.07) is 0. The minimum atomic E-state index is -0.0619. The zero-order valence-corrected chi connectivity index (χ0v) is 8.35. The Morgan fingerprint density at radius 2 is 2.43 bits per heavy atom. The van der Waals surface area contributed by atoms with E-state index in [2.05, 4.69) is 27.1 Å². The fourth-order valence-electron chi connectivity index (χ4n) is 0.934. The van der Waals surface area contributed by atoms with Gasteiger partial charge in [-0.1, -0.05) is 11.8 Å². The maximum Gasteiger partial charge on any atom is 0.217 e. The summed E-state index contributed by atoms with van der Waals surface area (Å²) < 4.78 is 0. The number of imidazole rings is 1. The highest BCUT2D eigenvalue weighted by Crippen LogP contribution is 1.93. The van der Waals surface area contributed by atoms with Crippen LogP contribution in [-0.2, 0) is 11.2 Å². The minimum Gasteiger partial charge on any atom is -0.345 e. The van der Waals surface area contributed by atoms with Crippen molar-refractivity contribution in [2.45, 2.75) is 20.3 Å². The number of rotatable bonds is 2. The van der Waals surface area contributed by atoms with Gasteiger partial charge in [-0.15, -0.1) is 0 Å². The molecule has 1 aromatic heterocycles. The van der Waals surface area contributed by atoms with Crippen LogP contribution >= 0.6 is 0 Å². The van der Waals surface area contributed by atoms with Crippen LogP contribution < -0.4 is 5.32 Å². The van der Waals surface area contributed by atoms with Gasteiger partial charge in [0.05, 0.1) is 13.0 Å². The highest BCUT2D eigenvalue weighted by Gasteiger charge is 1.92. The summed E-state index contributed by atoms with van der Waals surface area (Å²) in [6.07, 6.45) is 2.36. The summed E-state index contributed by atoms with van der Waals surface area (Å²) in [6.45, 7) is 3.81. The van der Waals surface area contributed by atoms with Gasteiger partial charge < -0.3 is 10.3 Å². The van der Waals surface area contributed by atoms with Gasteiger partial charge in [0, 0.05) is 18.8 Å². The highest BCUT2D eigenvalue weighted by atomic mass is 16.1. The number of H-pyrrole nitrogens is 1. The lowest BCUT2D eigenvalue weighted by molar-refractivity contribution is -0.118. The lowest BCUT2D eigenvalue weighted by Crippen LogP contribution is -2.19. The van der Waals surface area contributed by atoms with Gasteiger partial charge >= 0.3 is 0 Å².